The first kappa shape index (κ1) is 13.7. The van der Waals surface area contributed by atoms with Crippen LogP contribution in [0.2, 0.25) is 0 Å². The third-order valence-electron chi connectivity index (χ3n) is 2.81. The number of anilines is 1. The fourth-order valence-electron chi connectivity index (χ4n) is 1.40. The second kappa shape index (κ2) is 6.37. The maximum absolute atomic E-state index is 11.6. The fraction of sp³-hybridized carbons (Fsp3) is 0.462. The minimum atomic E-state index is -0.444. The van der Waals surface area contributed by atoms with E-state index < -0.39 is 6.10 Å². The molecule has 1 aromatic carbocycles. The monoisotopic (exact) mass is 236 g/mol. The maximum Gasteiger partial charge on any atom is 0.253 e. The summed E-state index contributed by atoms with van der Waals surface area (Å²) < 4.78 is 4.96. The van der Waals surface area contributed by atoms with Crippen molar-refractivity contribution in [2.45, 2.75) is 26.0 Å². The van der Waals surface area contributed by atoms with Crippen molar-refractivity contribution < 1.29 is 9.53 Å². The number of rotatable bonds is 5. The van der Waals surface area contributed by atoms with Gasteiger partial charge in [0.15, 0.2) is 0 Å². The highest BCUT2D eigenvalue weighted by Crippen LogP contribution is 2.17. The third kappa shape index (κ3) is 3.84. The fourth-order valence-corrected chi connectivity index (χ4v) is 1.40. The molecular weight excluding hydrogens is 216 g/mol. The number of hydrogen-bond donors (Lipinski definition) is 2. The van der Waals surface area contributed by atoms with Gasteiger partial charge in [-0.05, 0) is 38.6 Å². The predicted octanol–water partition coefficient (Wildman–Crippen LogP) is 1.94. The Kier molecular flexibility index (Phi) is 5.12. The lowest BCUT2D eigenvalue weighted by atomic mass is 10.1. The molecule has 0 aliphatic carbocycles. The second-order valence-electron chi connectivity index (χ2n) is 4.00. The van der Waals surface area contributed by atoms with Gasteiger partial charge >= 0.3 is 0 Å². The number of benzene rings is 1. The molecule has 0 saturated carbocycles. The van der Waals surface area contributed by atoms with E-state index in [0.29, 0.717) is 0 Å². The van der Waals surface area contributed by atoms with Gasteiger partial charge < -0.3 is 15.4 Å². The van der Waals surface area contributed by atoms with Crippen molar-refractivity contribution in [3.63, 3.8) is 0 Å². The van der Waals surface area contributed by atoms with E-state index in [-0.39, 0.29) is 11.9 Å². The minimum absolute atomic E-state index is 0.137. The smallest absolute Gasteiger partial charge is 0.253 e. The molecule has 0 bridgehead atoms. The molecule has 2 unspecified atom stereocenters. The van der Waals surface area contributed by atoms with Gasteiger partial charge in [-0.15, -0.1) is 0 Å². The summed E-state index contributed by atoms with van der Waals surface area (Å²) in [5.74, 6) is -0.137. The number of amides is 1. The Hall–Kier alpha value is -1.39. The van der Waals surface area contributed by atoms with Gasteiger partial charge in [-0.2, -0.15) is 0 Å². The van der Waals surface area contributed by atoms with Crippen LogP contribution in [-0.2, 0) is 9.53 Å². The summed E-state index contributed by atoms with van der Waals surface area (Å²) in [5.41, 5.74) is 1.92. The number of carbonyl (C=O) groups excluding carboxylic acids is 1. The Bertz CT molecular complexity index is 379. The van der Waals surface area contributed by atoms with E-state index in [1.54, 1.807) is 6.92 Å². The van der Waals surface area contributed by atoms with Gasteiger partial charge in [0, 0.05) is 18.8 Å². The zero-order chi connectivity index (χ0) is 12.8. The highest BCUT2D eigenvalue weighted by Gasteiger charge is 2.12. The Morgan fingerprint density at radius 1 is 1.35 bits per heavy atom. The summed E-state index contributed by atoms with van der Waals surface area (Å²) in [5, 5.41) is 5.98. The van der Waals surface area contributed by atoms with Crippen LogP contribution >= 0.6 is 0 Å². The van der Waals surface area contributed by atoms with E-state index in [1.807, 2.05) is 31.3 Å². The summed E-state index contributed by atoms with van der Waals surface area (Å²) >= 11 is 0. The summed E-state index contributed by atoms with van der Waals surface area (Å²) in [6.45, 7) is 3.79. The molecule has 0 aromatic heterocycles. The van der Waals surface area contributed by atoms with Crippen molar-refractivity contribution in [1.29, 1.82) is 0 Å². The molecular formula is C13H20N2O2. The molecule has 2 atom stereocenters. The molecule has 94 valence electrons. The lowest BCUT2D eigenvalue weighted by Gasteiger charge is -2.14. The van der Waals surface area contributed by atoms with Crippen LogP contribution in [-0.4, -0.2) is 26.2 Å². The molecule has 0 aliphatic heterocycles. The molecule has 1 rings (SSSR count). The van der Waals surface area contributed by atoms with Crippen molar-refractivity contribution in [3.8, 4) is 0 Å². The molecule has 0 spiro atoms. The number of methoxy groups -OCH3 is 1. The van der Waals surface area contributed by atoms with Gasteiger partial charge in [-0.25, -0.2) is 0 Å². The molecule has 4 heteroatoms. The van der Waals surface area contributed by atoms with Gasteiger partial charge in [-0.3, -0.25) is 4.79 Å². The molecule has 0 radical (unpaired) electrons. The van der Waals surface area contributed by atoms with Crippen LogP contribution in [0.15, 0.2) is 24.3 Å². The van der Waals surface area contributed by atoms with Crippen molar-refractivity contribution in [2.75, 3.05) is 19.5 Å². The van der Waals surface area contributed by atoms with E-state index >= 15 is 0 Å². The quantitative estimate of drug-likeness (QED) is 0.821. The van der Waals surface area contributed by atoms with Crippen molar-refractivity contribution in [3.05, 3.63) is 29.8 Å². The lowest BCUT2D eigenvalue weighted by Crippen LogP contribution is -2.26. The first-order valence-corrected chi connectivity index (χ1v) is 5.69. The standard InChI is InChI=1S/C13H20N2O2/c1-9(14-3)11-6-5-7-12(8-11)15-13(16)10(2)17-4/h5-10,14H,1-4H3,(H,15,16). The zero-order valence-electron chi connectivity index (χ0n) is 10.8. The van der Waals surface area contributed by atoms with Gasteiger partial charge in [0.05, 0.1) is 0 Å². The van der Waals surface area contributed by atoms with Crippen molar-refractivity contribution in [1.82, 2.24) is 5.32 Å². The van der Waals surface area contributed by atoms with Crippen molar-refractivity contribution in [2.24, 2.45) is 0 Å². The van der Waals surface area contributed by atoms with Crippen molar-refractivity contribution >= 4 is 11.6 Å². The van der Waals surface area contributed by atoms with E-state index in [1.165, 1.54) is 7.11 Å². The predicted molar refractivity (Wildman–Crippen MR) is 69.0 cm³/mol. The van der Waals surface area contributed by atoms with Crippen LogP contribution in [0.1, 0.15) is 25.5 Å². The van der Waals surface area contributed by atoms with Crippen LogP contribution < -0.4 is 10.6 Å². The molecule has 17 heavy (non-hydrogen) atoms. The Morgan fingerprint density at radius 2 is 2.06 bits per heavy atom. The Morgan fingerprint density at radius 3 is 2.65 bits per heavy atom. The summed E-state index contributed by atoms with van der Waals surface area (Å²) in [6.07, 6.45) is -0.444. The highest BCUT2D eigenvalue weighted by atomic mass is 16.5. The van der Waals surface area contributed by atoms with Gasteiger partial charge in [0.2, 0.25) is 0 Å². The molecule has 0 heterocycles. The maximum atomic E-state index is 11.6. The molecule has 1 aromatic rings. The van der Waals surface area contributed by atoms with Gasteiger partial charge in [0.25, 0.3) is 5.91 Å². The van der Waals surface area contributed by atoms with Gasteiger partial charge in [-0.1, -0.05) is 12.1 Å². The van der Waals surface area contributed by atoms with Crippen LogP contribution in [0.5, 0.6) is 0 Å². The van der Waals surface area contributed by atoms with Crippen LogP contribution in [0.25, 0.3) is 0 Å². The summed E-state index contributed by atoms with van der Waals surface area (Å²) in [4.78, 5) is 11.6. The van der Waals surface area contributed by atoms with Crippen LogP contribution in [0, 0.1) is 0 Å². The Labute approximate surface area is 102 Å². The number of nitrogens with one attached hydrogen (secondary N) is 2. The lowest BCUT2D eigenvalue weighted by molar-refractivity contribution is -0.124. The number of ether oxygens (including phenoxy) is 1. The SMILES string of the molecule is CNC(C)c1cccc(NC(=O)C(C)OC)c1. The molecule has 2 N–H and O–H groups in total. The van der Waals surface area contributed by atoms with E-state index in [0.717, 1.165) is 11.3 Å². The topological polar surface area (TPSA) is 50.4 Å². The molecule has 4 nitrogen and oxygen atoms in total. The van der Waals surface area contributed by atoms with E-state index in [9.17, 15) is 4.79 Å². The normalized spacial score (nSPS) is 14.1. The summed E-state index contributed by atoms with van der Waals surface area (Å²) in [6, 6.07) is 8.03. The molecule has 1 amide bonds. The number of hydrogen-bond acceptors (Lipinski definition) is 3. The Balaban J connectivity index is 2.75. The first-order valence-electron chi connectivity index (χ1n) is 5.69. The first-order chi connectivity index (χ1) is 8.08. The van der Waals surface area contributed by atoms with Crippen LogP contribution in [0.3, 0.4) is 0 Å². The number of carbonyl (C=O) groups is 1. The summed E-state index contributed by atoms with van der Waals surface area (Å²) in [7, 11) is 3.42. The van der Waals surface area contributed by atoms with E-state index in [2.05, 4.69) is 17.6 Å². The average molecular weight is 236 g/mol. The average Bonchev–Trinajstić information content (AvgIpc) is 2.37. The second-order valence-corrected chi connectivity index (χ2v) is 4.00. The van der Waals surface area contributed by atoms with Gasteiger partial charge in [0.1, 0.15) is 6.10 Å². The molecule has 0 aliphatic rings. The molecule has 0 fully saturated rings. The zero-order valence-corrected chi connectivity index (χ0v) is 10.8. The molecule has 0 saturated heterocycles. The largest absolute Gasteiger partial charge is 0.372 e. The van der Waals surface area contributed by atoms with Crippen LogP contribution in [0.4, 0.5) is 5.69 Å². The van der Waals surface area contributed by atoms with E-state index in [4.69, 9.17) is 4.74 Å². The third-order valence-corrected chi connectivity index (χ3v) is 2.81. The highest BCUT2D eigenvalue weighted by molar-refractivity contribution is 5.93. The minimum Gasteiger partial charge on any atom is -0.372 e.